The van der Waals surface area contributed by atoms with Gasteiger partial charge in [0.15, 0.2) is 0 Å². The summed E-state index contributed by atoms with van der Waals surface area (Å²) in [5, 5.41) is 3.72. The Morgan fingerprint density at radius 1 is 0.564 bits per heavy atom. The van der Waals surface area contributed by atoms with E-state index >= 15 is 0 Å². The number of allylic oxidation sites excluding steroid dienone is 1. The molecule has 39 heavy (non-hydrogen) atoms. The Labute approximate surface area is 235 Å². The molecule has 3 nitrogen and oxygen atoms in total. The van der Waals surface area contributed by atoms with Gasteiger partial charge in [0, 0.05) is 0 Å². The fraction of sp³-hybridized carbons (Fsp3) is 0.0286. The maximum atomic E-state index is 13.8. The summed E-state index contributed by atoms with van der Waals surface area (Å²) in [5.74, 6) is -0.320. The van der Waals surface area contributed by atoms with Crippen molar-refractivity contribution in [3.05, 3.63) is 141 Å². The second-order valence-corrected chi connectivity index (χ2v) is 13.1. The van der Waals surface area contributed by atoms with Gasteiger partial charge < -0.3 is 0 Å². The van der Waals surface area contributed by atoms with Crippen LogP contribution in [0.5, 0.6) is 0 Å². The van der Waals surface area contributed by atoms with E-state index in [1.807, 2.05) is 54.6 Å². The van der Waals surface area contributed by atoms with E-state index in [-0.39, 0.29) is 17.1 Å². The fourth-order valence-corrected chi connectivity index (χ4v) is 8.92. The summed E-state index contributed by atoms with van der Waals surface area (Å²) >= 11 is -0.831. The minimum atomic E-state index is -0.831. The molecule has 0 amide bonds. The molecule has 6 aromatic rings. The van der Waals surface area contributed by atoms with Gasteiger partial charge in [-0.25, -0.2) is 0 Å². The Hall–Kier alpha value is -4.23. The number of para-hydroxylation sites is 2. The van der Waals surface area contributed by atoms with Crippen molar-refractivity contribution in [3.8, 4) is 0 Å². The Morgan fingerprint density at radius 3 is 1.62 bits per heavy atom. The molecule has 0 bridgehead atoms. The molecule has 0 fully saturated rings. The molecule has 0 atom stereocenters. The van der Waals surface area contributed by atoms with Crippen molar-refractivity contribution in [2.75, 3.05) is 4.90 Å². The quantitative estimate of drug-likeness (QED) is 0.0860. The van der Waals surface area contributed by atoms with Crippen LogP contribution in [0, 0.1) is 0 Å². The Balaban J connectivity index is 1.26. The molecular weight excluding hydrogens is 594 g/mol. The topological polar surface area (TPSA) is 37.4 Å². The molecule has 1 aromatic heterocycles. The summed E-state index contributed by atoms with van der Waals surface area (Å²) in [4.78, 5) is 30.0. The first-order chi connectivity index (χ1) is 19.2. The van der Waals surface area contributed by atoms with Gasteiger partial charge in [-0.15, -0.1) is 0 Å². The molecule has 5 aromatic carbocycles. The number of hydrogen-bond donors (Lipinski definition) is 0. The number of carbonyl (C=O) groups is 2. The zero-order valence-electron chi connectivity index (χ0n) is 20.8. The number of nitrogens with zero attached hydrogens (tertiary/aromatic N) is 1. The zero-order chi connectivity index (χ0) is 26.1. The molecule has 8 rings (SSSR count). The number of carbonyl (C=O) groups excluding carboxylic acids is 2. The van der Waals surface area contributed by atoms with Crippen molar-refractivity contribution in [3.63, 3.8) is 0 Å². The third-order valence-corrected chi connectivity index (χ3v) is 10.7. The number of anilines is 3. The molecule has 1 aliphatic carbocycles. The molecule has 184 valence electrons. The third-order valence-electron chi connectivity index (χ3n) is 7.84. The average molecular weight is 615 g/mol. The van der Waals surface area contributed by atoms with Crippen LogP contribution in [0.2, 0.25) is 0 Å². The molecule has 0 saturated heterocycles. The van der Waals surface area contributed by atoms with Gasteiger partial charge in [0.1, 0.15) is 0 Å². The van der Waals surface area contributed by atoms with Crippen LogP contribution in [0.1, 0.15) is 35.4 Å². The van der Waals surface area contributed by atoms with E-state index in [4.69, 9.17) is 0 Å². The molecule has 0 N–H and O–H groups in total. The average Bonchev–Trinajstić information content (AvgIpc) is 3.54. The Morgan fingerprint density at radius 2 is 1.05 bits per heavy atom. The van der Waals surface area contributed by atoms with Crippen molar-refractivity contribution in [2.45, 2.75) is 6.42 Å². The summed E-state index contributed by atoms with van der Waals surface area (Å²) in [5.41, 5.74) is 6.44. The molecule has 1 aliphatic heterocycles. The van der Waals surface area contributed by atoms with E-state index in [9.17, 15) is 9.59 Å². The molecule has 0 radical (unpaired) electrons. The van der Waals surface area contributed by atoms with Crippen molar-refractivity contribution < 1.29 is 9.59 Å². The van der Waals surface area contributed by atoms with Gasteiger partial charge in [0.2, 0.25) is 0 Å². The SMILES string of the molecule is O=C1C(=Cc2ccc(N3c4ccccc4Cc4ccccc43)[te]2)C(=O)c2c1c1ccccc1c1ccccc21. The standard InChI is InChI=1S/C35H21NO2Te/c37-34-28(35(38)33-27-14-6-4-12-25(27)24-11-3-5-13-26(24)32(33)34)20-23-17-18-31(39-23)36-29-15-7-1-9-21(29)19-22-10-2-8-16-30(22)36/h1-18,20H,19H2. The van der Waals surface area contributed by atoms with Crippen LogP contribution in [-0.4, -0.2) is 32.0 Å². The van der Waals surface area contributed by atoms with E-state index in [0.717, 1.165) is 31.5 Å². The van der Waals surface area contributed by atoms with E-state index in [0.29, 0.717) is 11.1 Å². The molecule has 2 heterocycles. The number of ketones is 2. The maximum absolute atomic E-state index is 13.8. The van der Waals surface area contributed by atoms with Crippen LogP contribution in [0.25, 0.3) is 27.6 Å². The summed E-state index contributed by atoms with van der Waals surface area (Å²) in [7, 11) is 0. The molecule has 0 unspecified atom stereocenters. The zero-order valence-corrected chi connectivity index (χ0v) is 23.2. The second-order valence-electron chi connectivity index (χ2n) is 10.0. The van der Waals surface area contributed by atoms with E-state index in [1.54, 1.807) is 0 Å². The predicted octanol–water partition coefficient (Wildman–Crippen LogP) is 7.89. The molecule has 4 heteroatoms. The first kappa shape index (κ1) is 22.7. The predicted molar refractivity (Wildman–Crippen MR) is 159 cm³/mol. The fourth-order valence-electron chi connectivity index (χ4n) is 6.13. The van der Waals surface area contributed by atoms with Crippen LogP contribution in [0.4, 0.5) is 15.1 Å². The van der Waals surface area contributed by atoms with Gasteiger partial charge in [-0.05, 0) is 0 Å². The summed E-state index contributed by atoms with van der Waals surface area (Å²) in [6.07, 6.45) is 2.80. The number of benzene rings is 5. The van der Waals surface area contributed by atoms with Crippen LogP contribution in [0.15, 0.2) is 115 Å². The number of rotatable bonds is 2. The van der Waals surface area contributed by atoms with Gasteiger partial charge >= 0.3 is 236 Å². The molecular formula is C35H21NO2Te. The summed E-state index contributed by atoms with van der Waals surface area (Å²) < 4.78 is 2.35. The van der Waals surface area contributed by atoms with Gasteiger partial charge in [-0.2, -0.15) is 0 Å². The summed E-state index contributed by atoms with van der Waals surface area (Å²) in [6, 6.07) is 37.3. The van der Waals surface area contributed by atoms with E-state index < -0.39 is 20.4 Å². The van der Waals surface area contributed by atoms with Gasteiger partial charge in [-0.3, -0.25) is 0 Å². The van der Waals surface area contributed by atoms with Crippen LogP contribution in [0.3, 0.4) is 0 Å². The van der Waals surface area contributed by atoms with Crippen molar-refractivity contribution in [1.82, 2.24) is 0 Å². The van der Waals surface area contributed by atoms with Crippen LogP contribution in [-0.2, 0) is 6.42 Å². The normalized spacial score (nSPS) is 14.1. The van der Waals surface area contributed by atoms with Crippen molar-refractivity contribution in [1.29, 1.82) is 0 Å². The minimum absolute atomic E-state index is 0.160. The molecule has 2 aliphatic rings. The van der Waals surface area contributed by atoms with Crippen LogP contribution >= 0.6 is 0 Å². The summed E-state index contributed by atoms with van der Waals surface area (Å²) in [6.45, 7) is 0. The van der Waals surface area contributed by atoms with Gasteiger partial charge in [-0.1, -0.05) is 0 Å². The van der Waals surface area contributed by atoms with E-state index in [1.165, 1.54) is 26.2 Å². The number of fused-ring (bicyclic) bond motifs is 8. The van der Waals surface area contributed by atoms with Crippen molar-refractivity contribution in [2.24, 2.45) is 0 Å². The van der Waals surface area contributed by atoms with Crippen molar-refractivity contribution >= 4 is 74.7 Å². The monoisotopic (exact) mass is 617 g/mol. The second kappa shape index (κ2) is 8.64. The first-order valence-corrected chi connectivity index (χ1v) is 15.3. The third kappa shape index (κ3) is 3.36. The number of Topliss-reactive ketones (excluding diaryl/α,β-unsaturated/α-hetero) is 2. The van der Waals surface area contributed by atoms with Gasteiger partial charge in [0.25, 0.3) is 0 Å². The molecule has 0 saturated carbocycles. The van der Waals surface area contributed by atoms with Gasteiger partial charge in [0.05, 0.1) is 0 Å². The Bertz CT molecular complexity index is 1930. The molecule has 0 spiro atoms. The van der Waals surface area contributed by atoms with E-state index in [2.05, 4.69) is 65.6 Å². The Kier molecular flexibility index (Phi) is 5.04. The van der Waals surface area contributed by atoms with Crippen LogP contribution < -0.4 is 4.90 Å². The number of hydrogen-bond acceptors (Lipinski definition) is 3. The first-order valence-electron chi connectivity index (χ1n) is 13.0.